The van der Waals surface area contributed by atoms with Crippen molar-refractivity contribution < 1.29 is 0 Å². The topological polar surface area (TPSA) is 0 Å². The Morgan fingerprint density at radius 2 is 2.12 bits per heavy atom. The molecule has 0 nitrogen and oxygen atoms in total. The van der Waals surface area contributed by atoms with Gasteiger partial charge in [-0.25, -0.2) is 0 Å². The lowest BCUT2D eigenvalue weighted by molar-refractivity contribution is 1.38. The zero-order valence-electron chi connectivity index (χ0n) is 4.70. The van der Waals surface area contributed by atoms with Crippen molar-refractivity contribution in [3.05, 3.63) is 22.7 Å². The Bertz CT molecular complexity index is 99.1. The highest BCUT2D eigenvalue weighted by molar-refractivity contribution is 6.55. The van der Waals surface area contributed by atoms with E-state index in [-0.39, 0.29) is 0 Å². The maximum absolute atomic E-state index is 5.31. The van der Waals surface area contributed by atoms with Crippen LogP contribution >= 0.6 is 23.2 Å². The lowest BCUT2D eigenvalue weighted by Gasteiger charge is -1.78. The van der Waals surface area contributed by atoms with Crippen LogP contribution in [0.1, 0.15) is 13.3 Å². The van der Waals surface area contributed by atoms with Gasteiger partial charge in [0.1, 0.15) is 4.49 Å². The van der Waals surface area contributed by atoms with Crippen LogP contribution in [0, 0.1) is 0 Å². The van der Waals surface area contributed by atoms with Gasteiger partial charge < -0.3 is 0 Å². The molecule has 0 bridgehead atoms. The summed E-state index contributed by atoms with van der Waals surface area (Å²) in [6, 6.07) is 0. The highest BCUT2D eigenvalue weighted by Gasteiger charge is 1.76. The Labute approximate surface area is 59.8 Å². The largest absolute Gasteiger partial charge is 0.103 e. The summed E-state index contributed by atoms with van der Waals surface area (Å²) < 4.78 is 0.336. The zero-order valence-corrected chi connectivity index (χ0v) is 6.21. The molecule has 0 aliphatic heterocycles. The fourth-order valence-electron chi connectivity index (χ4n) is 0.293. The van der Waals surface area contributed by atoms with Gasteiger partial charge >= 0.3 is 0 Å². The van der Waals surface area contributed by atoms with Gasteiger partial charge in [-0.2, -0.15) is 0 Å². The summed E-state index contributed by atoms with van der Waals surface area (Å²) in [4.78, 5) is 0. The highest BCUT2D eigenvalue weighted by atomic mass is 35.5. The quantitative estimate of drug-likeness (QED) is 0.531. The van der Waals surface area contributed by atoms with E-state index in [1.807, 2.05) is 19.1 Å². The van der Waals surface area contributed by atoms with Crippen LogP contribution in [0.4, 0.5) is 0 Å². The third kappa shape index (κ3) is 6.06. The molecule has 0 aromatic heterocycles. The summed E-state index contributed by atoms with van der Waals surface area (Å²) in [5.74, 6) is 0. The SMILES string of the molecule is CC=CCC=C(Cl)Cl. The summed E-state index contributed by atoms with van der Waals surface area (Å²) in [6.45, 7) is 1.95. The summed E-state index contributed by atoms with van der Waals surface area (Å²) in [5.41, 5.74) is 0. The van der Waals surface area contributed by atoms with Crippen molar-refractivity contribution in [2.24, 2.45) is 0 Å². The molecule has 0 unspecified atom stereocenters. The van der Waals surface area contributed by atoms with Gasteiger partial charge in [0, 0.05) is 0 Å². The van der Waals surface area contributed by atoms with E-state index < -0.39 is 0 Å². The predicted octanol–water partition coefficient (Wildman–Crippen LogP) is 3.27. The molecule has 0 heterocycles. The predicted molar refractivity (Wildman–Crippen MR) is 39.2 cm³/mol. The highest BCUT2D eigenvalue weighted by Crippen LogP contribution is 2.06. The van der Waals surface area contributed by atoms with Crippen LogP contribution in [0.15, 0.2) is 22.7 Å². The maximum atomic E-state index is 5.31. The molecule has 0 spiro atoms. The minimum atomic E-state index is 0.336. The Morgan fingerprint density at radius 3 is 2.50 bits per heavy atom. The van der Waals surface area contributed by atoms with Crippen LogP contribution in [0.5, 0.6) is 0 Å². The lowest BCUT2D eigenvalue weighted by atomic mass is 10.4. The van der Waals surface area contributed by atoms with Crippen molar-refractivity contribution in [3.8, 4) is 0 Å². The van der Waals surface area contributed by atoms with E-state index in [2.05, 4.69) is 0 Å². The molecule has 0 N–H and O–H groups in total. The van der Waals surface area contributed by atoms with Crippen molar-refractivity contribution in [1.82, 2.24) is 0 Å². The fraction of sp³-hybridized carbons (Fsp3) is 0.333. The Balaban J connectivity index is 3.30. The normalized spacial score (nSPS) is 9.88. The minimum absolute atomic E-state index is 0.336. The standard InChI is InChI=1S/C6H8Cl2/c1-2-3-4-5-6(7)8/h2-3,5H,4H2,1H3. The Kier molecular flexibility index (Phi) is 5.24. The molecule has 0 aromatic carbocycles. The number of allylic oxidation sites excluding steroid dienone is 3. The molecule has 0 aromatic rings. The molecule has 0 aliphatic rings. The van der Waals surface area contributed by atoms with E-state index in [0.717, 1.165) is 6.42 Å². The summed E-state index contributed by atoms with van der Waals surface area (Å²) in [5, 5.41) is 0. The van der Waals surface area contributed by atoms with Crippen molar-refractivity contribution >= 4 is 23.2 Å². The Morgan fingerprint density at radius 1 is 1.50 bits per heavy atom. The molecular weight excluding hydrogens is 143 g/mol. The van der Waals surface area contributed by atoms with Gasteiger partial charge in [0.15, 0.2) is 0 Å². The van der Waals surface area contributed by atoms with Gasteiger partial charge in [0.2, 0.25) is 0 Å². The van der Waals surface area contributed by atoms with Crippen LogP contribution in [-0.4, -0.2) is 0 Å². The van der Waals surface area contributed by atoms with Gasteiger partial charge in [-0.15, -0.1) is 0 Å². The summed E-state index contributed by atoms with van der Waals surface area (Å²) >= 11 is 10.6. The van der Waals surface area contributed by atoms with Gasteiger partial charge in [-0.3, -0.25) is 0 Å². The van der Waals surface area contributed by atoms with E-state index in [0.29, 0.717) is 4.49 Å². The molecule has 2 heteroatoms. The summed E-state index contributed by atoms with van der Waals surface area (Å²) in [7, 11) is 0. The van der Waals surface area contributed by atoms with Gasteiger partial charge in [0.25, 0.3) is 0 Å². The lowest BCUT2D eigenvalue weighted by Crippen LogP contribution is -1.55. The first-order valence-electron chi connectivity index (χ1n) is 2.39. The molecule has 0 aliphatic carbocycles. The van der Waals surface area contributed by atoms with Crippen LogP contribution < -0.4 is 0 Å². The number of hydrogen-bond donors (Lipinski definition) is 0. The molecule has 46 valence electrons. The molecular formula is C6H8Cl2. The zero-order chi connectivity index (χ0) is 6.41. The monoisotopic (exact) mass is 150 g/mol. The molecule has 0 saturated carbocycles. The van der Waals surface area contributed by atoms with Crippen molar-refractivity contribution in [1.29, 1.82) is 0 Å². The smallest absolute Gasteiger partial charge is 0.0914 e. The molecule has 0 atom stereocenters. The average molecular weight is 151 g/mol. The second kappa shape index (κ2) is 5.20. The third-order valence-corrected chi connectivity index (χ3v) is 0.953. The van der Waals surface area contributed by atoms with Gasteiger partial charge in [0.05, 0.1) is 0 Å². The Hall–Kier alpha value is 0.0600. The first-order chi connectivity index (χ1) is 3.77. The number of hydrogen-bond acceptors (Lipinski definition) is 0. The maximum Gasteiger partial charge on any atom is 0.103 e. The van der Waals surface area contributed by atoms with E-state index in [4.69, 9.17) is 23.2 Å². The van der Waals surface area contributed by atoms with Gasteiger partial charge in [-0.1, -0.05) is 41.4 Å². The summed E-state index contributed by atoms with van der Waals surface area (Å²) in [6.07, 6.45) is 6.49. The number of halogens is 2. The van der Waals surface area contributed by atoms with Crippen molar-refractivity contribution in [2.75, 3.05) is 0 Å². The van der Waals surface area contributed by atoms with E-state index in [9.17, 15) is 0 Å². The molecule has 0 rings (SSSR count). The molecule has 0 amide bonds. The van der Waals surface area contributed by atoms with E-state index in [1.54, 1.807) is 6.08 Å². The second-order valence-electron chi connectivity index (χ2n) is 1.30. The molecule has 0 radical (unpaired) electrons. The van der Waals surface area contributed by atoms with Crippen LogP contribution in [0.25, 0.3) is 0 Å². The van der Waals surface area contributed by atoms with Crippen molar-refractivity contribution in [3.63, 3.8) is 0 Å². The van der Waals surface area contributed by atoms with Gasteiger partial charge in [-0.05, 0) is 13.3 Å². The molecule has 0 fully saturated rings. The van der Waals surface area contributed by atoms with E-state index >= 15 is 0 Å². The van der Waals surface area contributed by atoms with Crippen molar-refractivity contribution in [2.45, 2.75) is 13.3 Å². The third-order valence-electron chi connectivity index (χ3n) is 0.644. The van der Waals surface area contributed by atoms with E-state index in [1.165, 1.54) is 0 Å². The first kappa shape index (κ1) is 8.06. The fourth-order valence-corrected chi connectivity index (χ4v) is 0.471. The average Bonchev–Trinajstić information content (AvgIpc) is 1.66. The van der Waals surface area contributed by atoms with Crippen LogP contribution in [0.3, 0.4) is 0 Å². The molecule has 0 saturated heterocycles. The first-order valence-corrected chi connectivity index (χ1v) is 3.15. The molecule has 8 heavy (non-hydrogen) atoms. The minimum Gasteiger partial charge on any atom is -0.0914 e. The number of rotatable bonds is 2. The van der Waals surface area contributed by atoms with Crippen LogP contribution in [-0.2, 0) is 0 Å². The van der Waals surface area contributed by atoms with Crippen LogP contribution in [0.2, 0.25) is 0 Å². The second-order valence-corrected chi connectivity index (χ2v) is 2.31.